The summed E-state index contributed by atoms with van der Waals surface area (Å²) in [7, 11) is 0. The van der Waals surface area contributed by atoms with Crippen molar-refractivity contribution in [3.05, 3.63) is 46.9 Å². The first-order valence-corrected chi connectivity index (χ1v) is 7.16. The molecule has 0 unspecified atom stereocenters. The van der Waals surface area contributed by atoms with Crippen LogP contribution >= 0.6 is 0 Å². The Morgan fingerprint density at radius 3 is 2.65 bits per heavy atom. The van der Waals surface area contributed by atoms with E-state index in [0.29, 0.717) is 6.54 Å². The van der Waals surface area contributed by atoms with Crippen LogP contribution in [0, 0.1) is 6.92 Å². The summed E-state index contributed by atoms with van der Waals surface area (Å²) in [6.45, 7) is 12.1. The predicted octanol–water partition coefficient (Wildman–Crippen LogP) is 2.53. The molecule has 0 radical (unpaired) electrons. The largest absolute Gasteiger partial charge is 0.334 e. The van der Waals surface area contributed by atoms with Crippen LogP contribution in [0.1, 0.15) is 38.8 Å². The molecule has 1 aliphatic rings. The summed E-state index contributed by atoms with van der Waals surface area (Å²) >= 11 is 0. The second kappa shape index (κ2) is 7.08. The second-order valence-electron chi connectivity index (χ2n) is 4.78. The number of carbonyl (C=O) groups excluding carboxylic acids is 1. The maximum atomic E-state index is 11.9. The number of amides is 1. The van der Waals surface area contributed by atoms with Crippen LogP contribution in [0.15, 0.2) is 35.8 Å². The summed E-state index contributed by atoms with van der Waals surface area (Å²) in [5, 5.41) is 0. The van der Waals surface area contributed by atoms with Crippen LogP contribution in [-0.4, -0.2) is 28.0 Å². The molecule has 1 aliphatic heterocycles. The third kappa shape index (κ3) is 3.18. The van der Waals surface area contributed by atoms with Gasteiger partial charge >= 0.3 is 0 Å². The van der Waals surface area contributed by atoms with E-state index in [-0.39, 0.29) is 23.6 Å². The fourth-order valence-electron chi connectivity index (χ4n) is 2.60. The Bertz CT molecular complexity index is 534. The van der Waals surface area contributed by atoms with Crippen LogP contribution in [0.5, 0.6) is 0 Å². The Hall–Kier alpha value is -1.84. The molecule has 1 aromatic rings. The molecule has 20 heavy (non-hydrogen) atoms. The lowest BCUT2D eigenvalue weighted by atomic mass is 10.1. The number of likely N-dealkylation sites (tertiary alicyclic amines) is 1. The Kier molecular flexibility index (Phi) is 5.74. The molecule has 4 heteroatoms. The minimum atomic E-state index is -0.0642. The molecule has 2 rings (SSSR count). The summed E-state index contributed by atoms with van der Waals surface area (Å²) in [5.41, 5.74) is 1.04. The Labute approximate surface area is 120 Å². The molecule has 0 N–H and O–H groups in total. The van der Waals surface area contributed by atoms with Crippen molar-refractivity contribution >= 4 is 5.91 Å². The molecule has 0 aliphatic carbocycles. The summed E-state index contributed by atoms with van der Waals surface area (Å²) in [6.07, 6.45) is 4.01. The average molecular weight is 276 g/mol. The number of aryl methyl sites for hydroxylation is 1. The van der Waals surface area contributed by atoms with Gasteiger partial charge < -0.3 is 9.47 Å². The topological polar surface area (TPSA) is 42.3 Å². The molecule has 1 fully saturated rings. The monoisotopic (exact) mass is 276 g/mol. The maximum Gasteiger partial charge on any atom is 0.250 e. The Balaban J connectivity index is 0.000000956. The van der Waals surface area contributed by atoms with E-state index in [9.17, 15) is 9.59 Å². The van der Waals surface area contributed by atoms with Gasteiger partial charge in [-0.15, -0.1) is 0 Å². The highest BCUT2D eigenvalue weighted by Gasteiger charge is 2.34. The molecule has 0 bridgehead atoms. The number of hydrogen-bond donors (Lipinski definition) is 0. The number of pyridine rings is 1. The van der Waals surface area contributed by atoms with Gasteiger partial charge in [-0.05, 0) is 31.9 Å². The van der Waals surface area contributed by atoms with Gasteiger partial charge in [0.25, 0.3) is 5.56 Å². The fourth-order valence-corrected chi connectivity index (χ4v) is 2.60. The van der Waals surface area contributed by atoms with Crippen molar-refractivity contribution in [1.82, 2.24) is 9.47 Å². The van der Waals surface area contributed by atoms with Crippen molar-refractivity contribution in [2.24, 2.45) is 0 Å². The zero-order valence-corrected chi connectivity index (χ0v) is 12.8. The molecule has 110 valence electrons. The lowest BCUT2D eigenvalue weighted by molar-refractivity contribution is -0.126. The van der Waals surface area contributed by atoms with Crippen LogP contribution in [0.25, 0.3) is 0 Å². The van der Waals surface area contributed by atoms with Gasteiger partial charge in [0.05, 0.1) is 12.1 Å². The smallest absolute Gasteiger partial charge is 0.250 e. The van der Waals surface area contributed by atoms with E-state index in [1.54, 1.807) is 15.5 Å². The third-order valence-corrected chi connectivity index (χ3v) is 3.62. The van der Waals surface area contributed by atoms with Crippen LogP contribution in [-0.2, 0) is 4.79 Å². The lowest BCUT2D eigenvalue weighted by Gasteiger charge is -2.25. The summed E-state index contributed by atoms with van der Waals surface area (Å²) in [5.74, 6) is -0.0642. The average Bonchev–Trinajstić information content (AvgIpc) is 2.84. The summed E-state index contributed by atoms with van der Waals surface area (Å²) < 4.78 is 1.75. The highest BCUT2D eigenvalue weighted by Crippen LogP contribution is 2.27. The highest BCUT2D eigenvalue weighted by molar-refractivity contribution is 5.87. The quantitative estimate of drug-likeness (QED) is 0.779. The van der Waals surface area contributed by atoms with Crippen molar-refractivity contribution in [2.75, 3.05) is 6.54 Å². The van der Waals surface area contributed by atoms with Crippen LogP contribution in [0.3, 0.4) is 0 Å². The first-order chi connectivity index (χ1) is 9.54. The van der Waals surface area contributed by atoms with E-state index in [2.05, 4.69) is 6.58 Å². The van der Waals surface area contributed by atoms with E-state index in [4.69, 9.17) is 0 Å². The number of hydrogen-bond acceptors (Lipinski definition) is 2. The van der Waals surface area contributed by atoms with Gasteiger partial charge in [-0.2, -0.15) is 0 Å². The summed E-state index contributed by atoms with van der Waals surface area (Å²) in [6, 6.07) is 3.47. The summed E-state index contributed by atoms with van der Waals surface area (Å²) in [4.78, 5) is 25.3. The molecule has 1 amide bonds. The predicted molar refractivity (Wildman–Crippen MR) is 81.8 cm³/mol. The van der Waals surface area contributed by atoms with E-state index >= 15 is 0 Å². The van der Waals surface area contributed by atoms with E-state index < -0.39 is 0 Å². The van der Waals surface area contributed by atoms with E-state index in [1.807, 2.05) is 40.0 Å². The third-order valence-electron chi connectivity index (χ3n) is 3.62. The van der Waals surface area contributed by atoms with Crippen molar-refractivity contribution in [2.45, 2.75) is 46.2 Å². The normalized spacial score (nSPS) is 21.1. The number of carbonyl (C=O) groups is 1. The molecular formula is C16H24N2O2. The second-order valence-corrected chi connectivity index (χ2v) is 4.78. The molecule has 0 spiro atoms. The van der Waals surface area contributed by atoms with Gasteiger partial charge in [-0.25, -0.2) is 0 Å². The maximum absolute atomic E-state index is 11.9. The highest BCUT2D eigenvalue weighted by atomic mass is 16.2. The lowest BCUT2D eigenvalue weighted by Crippen LogP contribution is -2.37. The van der Waals surface area contributed by atoms with Gasteiger partial charge in [-0.1, -0.05) is 26.5 Å². The van der Waals surface area contributed by atoms with Gasteiger partial charge in [-0.3, -0.25) is 9.59 Å². The zero-order chi connectivity index (χ0) is 15.3. The van der Waals surface area contributed by atoms with Gasteiger partial charge in [0.15, 0.2) is 0 Å². The fraction of sp³-hybridized carbons (Fsp3) is 0.500. The zero-order valence-electron chi connectivity index (χ0n) is 12.8. The molecular weight excluding hydrogens is 252 g/mol. The first-order valence-electron chi connectivity index (χ1n) is 7.16. The molecule has 2 atom stereocenters. The van der Waals surface area contributed by atoms with Crippen molar-refractivity contribution in [1.29, 1.82) is 0 Å². The van der Waals surface area contributed by atoms with Gasteiger partial charge in [0.2, 0.25) is 5.91 Å². The minimum absolute atomic E-state index is 0.00893. The van der Waals surface area contributed by atoms with Crippen LogP contribution < -0.4 is 5.56 Å². The molecule has 0 saturated carbocycles. The van der Waals surface area contributed by atoms with Crippen LogP contribution in [0.2, 0.25) is 0 Å². The molecule has 2 heterocycles. The van der Waals surface area contributed by atoms with Gasteiger partial charge in [0.1, 0.15) is 0 Å². The molecule has 1 saturated heterocycles. The van der Waals surface area contributed by atoms with Crippen molar-refractivity contribution in [3.8, 4) is 0 Å². The van der Waals surface area contributed by atoms with E-state index in [0.717, 1.165) is 12.0 Å². The van der Waals surface area contributed by atoms with Crippen LogP contribution in [0.4, 0.5) is 0 Å². The number of aromatic nitrogens is 1. The number of nitrogens with zero attached hydrogens (tertiary/aromatic N) is 2. The Morgan fingerprint density at radius 1 is 1.40 bits per heavy atom. The number of rotatable bonds is 2. The standard InChI is InChI=1S/C14H18N2O2.C2H6/c1-4-13(17)15-8-7-12(11(15)3)16-9-10(2)5-6-14(16)18;1-2/h4-6,9,11-12H,1,7-8H2,2-3H3;1-2H3/t11-,12+;/m1./s1. The minimum Gasteiger partial charge on any atom is -0.334 e. The van der Waals surface area contributed by atoms with Crippen molar-refractivity contribution in [3.63, 3.8) is 0 Å². The Morgan fingerprint density at radius 2 is 2.05 bits per heavy atom. The van der Waals surface area contributed by atoms with E-state index in [1.165, 1.54) is 6.08 Å². The van der Waals surface area contributed by atoms with Crippen molar-refractivity contribution < 1.29 is 4.79 Å². The molecule has 4 nitrogen and oxygen atoms in total. The molecule has 1 aromatic heterocycles. The SMILES string of the molecule is C=CC(=O)N1CC[C@H](n2cc(C)ccc2=O)[C@H]1C.CC. The van der Waals surface area contributed by atoms with Gasteiger partial charge in [0, 0.05) is 18.8 Å². The first kappa shape index (κ1) is 16.2. The molecule has 0 aromatic carbocycles.